The van der Waals surface area contributed by atoms with E-state index in [1.54, 1.807) is 0 Å². The minimum absolute atomic E-state index is 0.166. The predicted octanol–water partition coefficient (Wildman–Crippen LogP) is 2.88. The number of aryl methyl sites for hydroxylation is 1. The van der Waals surface area contributed by atoms with E-state index in [4.69, 9.17) is 11.1 Å². The van der Waals surface area contributed by atoms with Crippen LogP contribution >= 0.6 is 27.7 Å². The molecule has 0 aliphatic rings. The summed E-state index contributed by atoms with van der Waals surface area (Å²) in [6, 6.07) is 6.13. The van der Waals surface area contributed by atoms with Gasteiger partial charge >= 0.3 is 0 Å². The lowest BCUT2D eigenvalue weighted by Gasteiger charge is -2.04. The van der Waals surface area contributed by atoms with Gasteiger partial charge in [0.2, 0.25) is 0 Å². The summed E-state index contributed by atoms with van der Waals surface area (Å²) >= 11 is 4.76. The van der Waals surface area contributed by atoms with Crippen LogP contribution in [0.4, 0.5) is 0 Å². The molecule has 4 heteroatoms. The molecule has 0 atom stereocenters. The first-order valence-corrected chi connectivity index (χ1v) is 5.59. The van der Waals surface area contributed by atoms with Crippen LogP contribution in [0.3, 0.4) is 0 Å². The number of rotatable bonds is 2. The number of nitrogens with one attached hydrogen (secondary N) is 1. The molecule has 0 spiro atoms. The standard InChI is InChI=1S/C9H11BrN2S/c1-6-2-3-8(10)4-7(6)5-13-9(11)12/h2-4H,5H2,1H3,(H3,11,12). The highest BCUT2D eigenvalue weighted by atomic mass is 79.9. The van der Waals surface area contributed by atoms with Gasteiger partial charge in [0.1, 0.15) is 0 Å². The third kappa shape index (κ3) is 3.40. The summed E-state index contributed by atoms with van der Waals surface area (Å²) in [7, 11) is 0. The van der Waals surface area contributed by atoms with Crippen LogP contribution in [0.15, 0.2) is 22.7 Å². The zero-order valence-corrected chi connectivity index (χ0v) is 9.71. The summed E-state index contributed by atoms with van der Waals surface area (Å²) in [5.41, 5.74) is 7.71. The van der Waals surface area contributed by atoms with Crippen LogP contribution in [-0.2, 0) is 5.75 Å². The molecule has 0 saturated carbocycles. The fourth-order valence-electron chi connectivity index (χ4n) is 0.951. The molecule has 2 nitrogen and oxygen atoms in total. The third-order valence-corrected chi connectivity index (χ3v) is 2.95. The van der Waals surface area contributed by atoms with E-state index in [9.17, 15) is 0 Å². The Labute approximate surface area is 90.5 Å². The highest BCUT2D eigenvalue weighted by Crippen LogP contribution is 2.20. The third-order valence-electron chi connectivity index (χ3n) is 1.69. The number of thioether (sulfide) groups is 1. The molecule has 0 amide bonds. The molecule has 0 unspecified atom stereocenters. The second-order valence-corrected chi connectivity index (χ2v) is 4.66. The normalized spacial score (nSPS) is 10.0. The van der Waals surface area contributed by atoms with Gasteiger partial charge in [-0.15, -0.1) is 0 Å². The fraction of sp³-hybridized carbons (Fsp3) is 0.222. The molecule has 0 aliphatic carbocycles. The quantitative estimate of drug-likeness (QED) is 0.633. The van der Waals surface area contributed by atoms with Crippen LogP contribution in [0, 0.1) is 12.3 Å². The van der Waals surface area contributed by atoms with Crippen LogP contribution < -0.4 is 5.73 Å². The Morgan fingerprint density at radius 3 is 2.92 bits per heavy atom. The van der Waals surface area contributed by atoms with E-state index in [0.29, 0.717) is 0 Å². The Hall–Kier alpha value is -0.480. The van der Waals surface area contributed by atoms with Crippen molar-refractivity contribution in [1.29, 1.82) is 5.41 Å². The van der Waals surface area contributed by atoms with Gasteiger partial charge in [-0.25, -0.2) is 0 Å². The van der Waals surface area contributed by atoms with Crippen molar-refractivity contribution in [2.75, 3.05) is 0 Å². The summed E-state index contributed by atoms with van der Waals surface area (Å²) in [5.74, 6) is 0.764. The summed E-state index contributed by atoms with van der Waals surface area (Å²) in [5, 5.41) is 7.26. The molecular formula is C9H11BrN2S. The van der Waals surface area contributed by atoms with Gasteiger partial charge in [0.05, 0.1) is 0 Å². The number of hydrogen-bond acceptors (Lipinski definition) is 2. The molecule has 0 saturated heterocycles. The van der Waals surface area contributed by atoms with Crippen molar-refractivity contribution >= 4 is 32.9 Å². The van der Waals surface area contributed by atoms with Crippen molar-refractivity contribution in [3.8, 4) is 0 Å². The second kappa shape index (κ2) is 4.67. The van der Waals surface area contributed by atoms with E-state index < -0.39 is 0 Å². The Kier molecular flexibility index (Phi) is 3.81. The number of amidine groups is 1. The highest BCUT2D eigenvalue weighted by molar-refractivity contribution is 9.10. The number of benzene rings is 1. The predicted molar refractivity (Wildman–Crippen MR) is 62.1 cm³/mol. The van der Waals surface area contributed by atoms with Crippen molar-refractivity contribution in [2.45, 2.75) is 12.7 Å². The van der Waals surface area contributed by atoms with Crippen molar-refractivity contribution in [3.05, 3.63) is 33.8 Å². The molecule has 0 fully saturated rings. The zero-order valence-electron chi connectivity index (χ0n) is 7.30. The summed E-state index contributed by atoms with van der Waals surface area (Å²) < 4.78 is 1.07. The maximum Gasteiger partial charge on any atom is 0.151 e. The average Bonchev–Trinajstić information content (AvgIpc) is 2.06. The number of nitrogens with two attached hydrogens (primary N) is 1. The first-order valence-electron chi connectivity index (χ1n) is 3.81. The van der Waals surface area contributed by atoms with Crippen LogP contribution in [-0.4, -0.2) is 5.17 Å². The van der Waals surface area contributed by atoms with E-state index in [1.165, 1.54) is 22.9 Å². The van der Waals surface area contributed by atoms with Gasteiger partial charge in [-0.2, -0.15) is 0 Å². The van der Waals surface area contributed by atoms with E-state index in [1.807, 2.05) is 6.07 Å². The Morgan fingerprint density at radius 1 is 1.62 bits per heavy atom. The molecule has 1 aromatic rings. The van der Waals surface area contributed by atoms with Crippen LogP contribution in [0.25, 0.3) is 0 Å². The molecule has 1 rings (SSSR count). The van der Waals surface area contributed by atoms with Gasteiger partial charge in [-0.05, 0) is 30.2 Å². The van der Waals surface area contributed by atoms with Crippen molar-refractivity contribution in [2.24, 2.45) is 5.73 Å². The molecule has 1 aromatic carbocycles. The van der Waals surface area contributed by atoms with Gasteiger partial charge in [-0.3, -0.25) is 5.41 Å². The lowest BCUT2D eigenvalue weighted by molar-refractivity contribution is 1.30. The Morgan fingerprint density at radius 2 is 2.31 bits per heavy atom. The Balaban J connectivity index is 2.75. The van der Waals surface area contributed by atoms with Crippen molar-refractivity contribution in [1.82, 2.24) is 0 Å². The van der Waals surface area contributed by atoms with Crippen LogP contribution in [0.1, 0.15) is 11.1 Å². The van der Waals surface area contributed by atoms with E-state index in [-0.39, 0.29) is 5.17 Å². The molecule has 3 N–H and O–H groups in total. The SMILES string of the molecule is Cc1ccc(Br)cc1CSC(=N)N. The minimum Gasteiger partial charge on any atom is -0.379 e. The maximum atomic E-state index is 7.10. The van der Waals surface area contributed by atoms with Crippen molar-refractivity contribution in [3.63, 3.8) is 0 Å². The molecule has 70 valence electrons. The smallest absolute Gasteiger partial charge is 0.151 e. The zero-order chi connectivity index (χ0) is 9.84. The van der Waals surface area contributed by atoms with Gasteiger partial charge < -0.3 is 5.73 Å². The topological polar surface area (TPSA) is 49.9 Å². The summed E-state index contributed by atoms with van der Waals surface area (Å²) in [6.45, 7) is 2.06. The first kappa shape index (κ1) is 10.6. The summed E-state index contributed by atoms with van der Waals surface area (Å²) in [6.07, 6.45) is 0. The lowest BCUT2D eigenvalue weighted by atomic mass is 10.1. The van der Waals surface area contributed by atoms with Gasteiger partial charge in [0, 0.05) is 10.2 Å². The minimum atomic E-state index is 0.166. The van der Waals surface area contributed by atoms with Gasteiger partial charge in [-0.1, -0.05) is 33.8 Å². The van der Waals surface area contributed by atoms with Crippen LogP contribution in [0.5, 0.6) is 0 Å². The molecule has 0 heterocycles. The van der Waals surface area contributed by atoms with E-state index >= 15 is 0 Å². The maximum absolute atomic E-state index is 7.10. The monoisotopic (exact) mass is 258 g/mol. The largest absolute Gasteiger partial charge is 0.379 e. The fourth-order valence-corrected chi connectivity index (χ4v) is 1.98. The van der Waals surface area contributed by atoms with Crippen molar-refractivity contribution < 1.29 is 0 Å². The van der Waals surface area contributed by atoms with E-state index in [2.05, 4.69) is 35.0 Å². The molecule has 0 radical (unpaired) electrons. The van der Waals surface area contributed by atoms with Gasteiger partial charge in [0.25, 0.3) is 0 Å². The van der Waals surface area contributed by atoms with Crippen LogP contribution in [0.2, 0.25) is 0 Å². The molecular weight excluding hydrogens is 248 g/mol. The van der Waals surface area contributed by atoms with Gasteiger partial charge in [0.15, 0.2) is 5.17 Å². The number of halogens is 1. The number of hydrogen-bond donors (Lipinski definition) is 2. The lowest BCUT2D eigenvalue weighted by Crippen LogP contribution is -2.04. The highest BCUT2D eigenvalue weighted by Gasteiger charge is 2.00. The Bertz CT molecular complexity index is 325. The summed E-state index contributed by atoms with van der Waals surface area (Å²) in [4.78, 5) is 0. The van der Waals surface area contributed by atoms with E-state index in [0.717, 1.165) is 10.2 Å². The molecule has 0 aliphatic heterocycles. The second-order valence-electron chi connectivity index (χ2n) is 2.72. The molecule has 13 heavy (non-hydrogen) atoms. The average molecular weight is 259 g/mol. The first-order chi connectivity index (χ1) is 6.09. The molecule has 0 bridgehead atoms. The molecule has 0 aromatic heterocycles.